The molecule has 0 unspecified atom stereocenters. The van der Waals surface area contributed by atoms with Crippen molar-refractivity contribution in [3.05, 3.63) is 52.7 Å². The molecule has 0 saturated heterocycles. The van der Waals surface area contributed by atoms with Crippen LogP contribution in [0, 0.1) is 13.8 Å². The second-order valence-electron chi connectivity index (χ2n) is 4.59. The normalized spacial score (nSPS) is 10.2. The lowest BCUT2D eigenvalue weighted by Gasteiger charge is -2.12. The Morgan fingerprint density at radius 2 is 1.76 bits per heavy atom. The Bertz CT molecular complexity index is 702. The number of hydrogen-bond donors (Lipinski definition) is 2. The molecule has 1 amide bonds. The summed E-state index contributed by atoms with van der Waals surface area (Å²) in [5.74, 6) is -0.874. The second-order valence-corrected chi connectivity index (χ2v) is 4.59. The van der Waals surface area contributed by atoms with E-state index in [2.05, 4.69) is 4.98 Å². The molecule has 6 nitrogen and oxygen atoms in total. The number of pyridine rings is 1. The first-order chi connectivity index (χ1) is 9.88. The van der Waals surface area contributed by atoms with Gasteiger partial charge in [-0.05, 0) is 43.2 Å². The molecule has 0 aliphatic carbocycles. The highest BCUT2D eigenvalue weighted by molar-refractivity contribution is 5.93. The van der Waals surface area contributed by atoms with Gasteiger partial charge in [0.2, 0.25) is 11.8 Å². The molecule has 0 saturated carbocycles. The van der Waals surface area contributed by atoms with Crippen molar-refractivity contribution in [1.29, 1.82) is 0 Å². The SMILES string of the molecule is Cc1cc(C(N)=O)cc(C)c1Oc1cc(C(=O)O)ccn1. The van der Waals surface area contributed by atoms with E-state index in [0.717, 1.165) is 0 Å². The summed E-state index contributed by atoms with van der Waals surface area (Å²) in [5, 5.41) is 8.95. The maximum atomic E-state index is 11.2. The minimum Gasteiger partial charge on any atom is -0.478 e. The van der Waals surface area contributed by atoms with Crippen LogP contribution in [0.1, 0.15) is 31.8 Å². The van der Waals surface area contributed by atoms with Gasteiger partial charge in [0, 0.05) is 17.8 Å². The smallest absolute Gasteiger partial charge is 0.335 e. The number of carboxylic acid groups (broad SMARTS) is 1. The van der Waals surface area contributed by atoms with Crippen LogP contribution in [0.2, 0.25) is 0 Å². The number of rotatable bonds is 4. The van der Waals surface area contributed by atoms with Crippen molar-refractivity contribution < 1.29 is 19.4 Å². The van der Waals surface area contributed by atoms with Crippen molar-refractivity contribution in [3.63, 3.8) is 0 Å². The zero-order valence-corrected chi connectivity index (χ0v) is 11.6. The summed E-state index contributed by atoms with van der Waals surface area (Å²) < 4.78 is 5.64. The largest absolute Gasteiger partial charge is 0.478 e. The van der Waals surface area contributed by atoms with Crippen molar-refractivity contribution in [3.8, 4) is 11.6 Å². The highest BCUT2D eigenvalue weighted by Crippen LogP contribution is 2.29. The van der Waals surface area contributed by atoms with E-state index in [1.165, 1.54) is 18.3 Å². The van der Waals surface area contributed by atoms with Crippen LogP contribution in [-0.4, -0.2) is 22.0 Å². The number of carboxylic acids is 1. The molecule has 108 valence electrons. The maximum absolute atomic E-state index is 11.2. The molecular formula is C15H14N2O4. The van der Waals surface area contributed by atoms with Crippen LogP contribution in [0.25, 0.3) is 0 Å². The number of nitrogens with zero attached hydrogens (tertiary/aromatic N) is 1. The quantitative estimate of drug-likeness (QED) is 0.897. The summed E-state index contributed by atoms with van der Waals surface area (Å²) in [6, 6.07) is 5.95. The minimum absolute atomic E-state index is 0.0871. The van der Waals surface area contributed by atoms with Gasteiger partial charge in [-0.3, -0.25) is 4.79 Å². The summed E-state index contributed by atoms with van der Waals surface area (Å²) in [6.45, 7) is 3.55. The average Bonchev–Trinajstić information content (AvgIpc) is 2.42. The second kappa shape index (κ2) is 5.62. The van der Waals surface area contributed by atoms with Crippen LogP contribution in [0.3, 0.4) is 0 Å². The van der Waals surface area contributed by atoms with Gasteiger partial charge in [0.15, 0.2) is 0 Å². The third-order valence-electron chi connectivity index (χ3n) is 2.93. The number of hydrogen-bond acceptors (Lipinski definition) is 4. The zero-order chi connectivity index (χ0) is 15.6. The predicted molar refractivity (Wildman–Crippen MR) is 75.7 cm³/mol. The maximum Gasteiger partial charge on any atom is 0.335 e. The van der Waals surface area contributed by atoms with E-state index in [-0.39, 0.29) is 11.4 Å². The van der Waals surface area contributed by atoms with Crippen molar-refractivity contribution in [1.82, 2.24) is 4.98 Å². The first kappa shape index (κ1) is 14.5. The molecule has 1 aromatic carbocycles. The van der Waals surface area contributed by atoms with Gasteiger partial charge >= 0.3 is 5.97 Å². The fourth-order valence-electron chi connectivity index (χ4n) is 1.96. The Kier molecular flexibility index (Phi) is 3.89. The molecule has 21 heavy (non-hydrogen) atoms. The molecule has 6 heteroatoms. The number of benzene rings is 1. The minimum atomic E-state index is -1.06. The molecule has 0 radical (unpaired) electrons. The van der Waals surface area contributed by atoms with Gasteiger partial charge in [-0.15, -0.1) is 0 Å². The highest BCUT2D eigenvalue weighted by atomic mass is 16.5. The van der Waals surface area contributed by atoms with Crippen molar-refractivity contribution >= 4 is 11.9 Å². The molecule has 1 heterocycles. The van der Waals surface area contributed by atoms with Crippen molar-refractivity contribution in [2.45, 2.75) is 13.8 Å². The number of carbonyl (C=O) groups is 2. The number of primary amides is 1. The van der Waals surface area contributed by atoms with Crippen LogP contribution in [-0.2, 0) is 0 Å². The van der Waals surface area contributed by atoms with Gasteiger partial charge in [-0.2, -0.15) is 0 Å². The van der Waals surface area contributed by atoms with E-state index in [1.54, 1.807) is 26.0 Å². The summed E-state index contributed by atoms with van der Waals surface area (Å²) in [6.07, 6.45) is 1.36. The van der Waals surface area contributed by atoms with Gasteiger partial charge in [0.25, 0.3) is 0 Å². The zero-order valence-electron chi connectivity index (χ0n) is 11.6. The van der Waals surface area contributed by atoms with Crippen LogP contribution < -0.4 is 10.5 Å². The molecule has 3 N–H and O–H groups in total. The van der Waals surface area contributed by atoms with Crippen LogP contribution in [0.15, 0.2) is 30.5 Å². The summed E-state index contributed by atoms with van der Waals surface area (Å²) >= 11 is 0. The standard InChI is InChI=1S/C15H14N2O4/c1-8-5-11(14(16)18)6-9(2)13(8)21-12-7-10(15(19)20)3-4-17-12/h3-7H,1-2H3,(H2,16,18)(H,19,20). The third kappa shape index (κ3) is 3.17. The Labute approximate surface area is 121 Å². The number of amides is 1. The van der Waals surface area contributed by atoms with Gasteiger partial charge < -0.3 is 15.6 Å². The fourth-order valence-corrected chi connectivity index (χ4v) is 1.96. The summed E-state index contributed by atoms with van der Waals surface area (Å²) in [4.78, 5) is 26.1. The molecule has 2 aromatic rings. The van der Waals surface area contributed by atoms with Gasteiger partial charge in [0.1, 0.15) is 5.75 Å². The molecule has 2 rings (SSSR count). The summed E-state index contributed by atoms with van der Waals surface area (Å²) in [5.41, 5.74) is 7.16. The van der Waals surface area contributed by atoms with E-state index < -0.39 is 11.9 Å². The lowest BCUT2D eigenvalue weighted by molar-refractivity contribution is 0.0696. The Morgan fingerprint density at radius 3 is 2.29 bits per heavy atom. The number of carbonyl (C=O) groups excluding carboxylic acids is 1. The van der Waals surface area contributed by atoms with Crippen LogP contribution in [0.5, 0.6) is 11.6 Å². The Balaban J connectivity index is 2.38. The Morgan fingerprint density at radius 1 is 1.14 bits per heavy atom. The molecule has 0 bridgehead atoms. The van der Waals surface area contributed by atoms with E-state index in [9.17, 15) is 9.59 Å². The first-order valence-electron chi connectivity index (χ1n) is 6.16. The molecule has 0 aliphatic heterocycles. The molecule has 0 spiro atoms. The summed E-state index contributed by atoms with van der Waals surface area (Å²) in [7, 11) is 0. The first-order valence-corrected chi connectivity index (χ1v) is 6.16. The van der Waals surface area contributed by atoms with Crippen molar-refractivity contribution in [2.24, 2.45) is 5.73 Å². The average molecular weight is 286 g/mol. The van der Waals surface area contributed by atoms with Gasteiger partial charge in [0.05, 0.1) is 5.56 Å². The molecule has 0 fully saturated rings. The Hall–Kier alpha value is -2.89. The predicted octanol–water partition coefficient (Wildman–Crippen LogP) is 2.29. The van der Waals surface area contributed by atoms with Gasteiger partial charge in [-0.25, -0.2) is 9.78 Å². The van der Waals surface area contributed by atoms with E-state index in [4.69, 9.17) is 15.6 Å². The highest BCUT2D eigenvalue weighted by Gasteiger charge is 2.12. The van der Waals surface area contributed by atoms with E-state index in [0.29, 0.717) is 22.4 Å². The fraction of sp³-hybridized carbons (Fsp3) is 0.133. The van der Waals surface area contributed by atoms with Gasteiger partial charge in [-0.1, -0.05) is 0 Å². The van der Waals surface area contributed by atoms with Crippen molar-refractivity contribution in [2.75, 3.05) is 0 Å². The topological polar surface area (TPSA) is 103 Å². The third-order valence-corrected chi connectivity index (χ3v) is 2.93. The number of nitrogens with two attached hydrogens (primary N) is 1. The van der Waals surface area contributed by atoms with E-state index in [1.807, 2.05) is 0 Å². The molecule has 0 atom stereocenters. The molecule has 1 aromatic heterocycles. The number of aromatic nitrogens is 1. The number of ether oxygens (including phenoxy) is 1. The lowest BCUT2D eigenvalue weighted by atomic mass is 10.1. The van der Waals surface area contributed by atoms with Crippen LogP contribution in [0.4, 0.5) is 0 Å². The number of aromatic carboxylic acids is 1. The number of aryl methyl sites for hydroxylation is 2. The molecule has 0 aliphatic rings. The lowest BCUT2D eigenvalue weighted by Crippen LogP contribution is -2.11. The molecular weight excluding hydrogens is 272 g/mol. The van der Waals surface area contributed by atoms with Crippen LogP contribution >= 0.6 is 0 Å². The van der Waals surface area contributed by atoms with E-state index >= 15 is 0 Å². The monoisotopic (exact) mass is 286 g/mol.